The van der Waals surface area contributed by atoms with Crippen molar-refractivity contribution in [3.8, 4) is 5.75 Å². The third-order valence-corrected chi connectivity index (χ3v) is 6.23. The highest BCUT2D eigenvalue weighted by Gasteiger charge is 2.32. The summed E-state index contributed by atoms with van der Waals surface area (Å²) in [4.78, 5) is 29.0. The van der Waals surface area contributed by atoms with Crippen molar-refractivity contribution in [3.05, 3.63) is 99.5 Å². The van der Waals surface area contributed by atoms with Gasteiger partial charge in [0.2, 0.25) is 11.8 Å². The summed E-state index contributed by atoms with van der Waals surface area (Å²) in [6.07, 6.45) is 0.492. The average molecular weight is 527 g/mol. The predicted octanol–water partition coefficient (Wildman–Crippen LogP) is 6.10. The third-order valence-electron chi connectivity index (χ3n) is 5.64. The van der Waals surface area contributed by atoms with E-state index in [1.807, 2.05) is 75.4 Å². The number of carbonyl (C=O) groups is 2. The minimum absolute atomic E-state index is 0.128. The Balaban J connectivity index is 2.00. The van der Waals surface area contributed by atoms with Gasteiger partial charge in [-0.05, 0) is 61.7 Å². The minimum atomic E-state index is -0.746. The molecule has 3 aromatic rings. The fraction of sp³-hybridized carbons (Fsp3) is 0.310. The van der Waals surface area contributed by atoms with Gasteiger partial charge in [0.25, 0.3) is 0 Å². The molecular weight excluding hydrogens is 495 g/mol. The molecule has 0 fully saturated rings. The summed E-state index contributed by atoms with van der Waals surface area (Å²) in [5.41, 5.74) is 2.03. The Hall–Kier alpha value is -3.02. The van der Waals surface area contributed by atoms with Crippen LogP contribution in [0.4, 0.5) is 0 Å². The van der Waals surface area contributed by atoms with Crippen LogP contribution in [-0.2, 0) is 29.0 Å². The SMILES string of the molecule is COc1ccc(CC(=O)N(Cc2ccc(Cl)cc2Cl)C(Cc2ccccc2)C(=O)NC(C)(C)C)cc1. The van der Waals surface area contributed by atoms with Crippen molar-refractivity contribution in [1.82, 2.24) is 10.2 Å². The van der Waals surface area contributed by atoms with Crippen LogP contribution in [0.3, 0.4) is 0 Å². The normalized spacial score (nSPS) is 12.1. The number of ether oxygens (including phenoxy) is 1. The van der Waals surface area contributed by atoms with Crippen LogP contribution in [0.5, 0.6) is 5.75 Å². The molecule has 0 heterocycles. The van der Waals surface area contributed by atoms with Crippen molar-refractivity contribution < 1.29 is 14.3 Å². The second-order valence-corrected chi connectivity index (χ2v) is 10.6. The summed E-state index contributed by atoms with van der Waals surface area (Å²) in [6, 6.07) is 21.4. The van der Waals surface area contributed by atoms with Crippen LogP contribution >= 0.6 is 23.2 Å². The van der Waals surface area contributed by atoms with Gasteiger partial charge in [-0.15, -0.1) is 0 Å². The first-order valence-corrected chi connectivity index (χ1v) is 12.5. The number of carbonyl (C=O) groups excluding carboxylic acids is 2. The van der Waals surface area contributed by atoms with Crippen molar-refractivity contribution in [2.75, 3.05) is 7.11 Å². The van der Waals surface area contributed by atoms with E-state index in [1.54, 1.807) is 30.2 Å². The molecule has 1 unspecified atom stereocenters. The second-order valence-electron chi connectivity index (χ2n) is 9.73. The van der Waals surface area contributed by atoms with Crippen molar-refractivity contribution >= 4 is 35.0 Å². The number of methoxy groups -OCH3 is 1. The van der Waals surface area contributed by atoms with E-state index >= 15 is 0 Å². The molecule has 1 atom stereocenters. The van der Waals surface area contributed by atoms with Gasteiger partial charge >= 0.3 is 0 Å². The van der Waals surface area contributed by atoms with Crippen LogP contribution in [0.2, 0.25) is 10.0 Å². The maximum Gasteiger partial charge on any atom is 0.243 e. The lowest BCUT2D eigenvalue weighted by atomic mass is 9.99. The molecule has 0 aliphatic heterocycles. The fourth-order valence-electron chi connectivity index (χ4n) is 3.86. The van der Waals surface area contributed by atoms with Gasteiger partial charge in [0.1, 0.15) is 11.8 Å². The molecule has 3 aromatic carbocycles. The first-order valence-electron chi connectivity index (χ1n) is 11.8. The molecule has 0 saturated heterocycles. The Morgan fingerprint density at radius 3 is 2.19 bits per heavy atom. The Labute approximate surface area is 223 Å². The van der Waals surface area contributed by atoms with Crippen LogP contribution in [0, 0.1) is 0 Å². The lowest BCUT2D eigenvalue weighted by Crippen LogP contribution is -2.54. The zero-order valence-electron chi connectivity index (χ0n) is 21.1. The molecule has 0 aliphatic rings. The summed E-state index contributed by atoms with van der Waals surface area (Å²) in [5, 5.41) is 4.01. The molecule has 0 aromatic heterocycles. The number of nitrogens with zero attached hydrogens (tertiary/aromatic N) is 1. The number of halogens is 2. The third kappa shape index (κ3) is 8.00. The smallest absolute Gasteiger partial charge is 0.243 e. The number of hydrogen-bond acceptors (Lipinski definition) is 3. The fourth-order valence-corrected chi connectivity index (χ4v) is 4.33. The quantitative estimate of drug-likeness (QED) is 0.366. The number of rotatable bonds is 9. The number of hydrogen-bond donors (Lipinski definition) is 1. The van der Waals surface area contributed by atoms with E-state index < -0.39 is 11.6 Å². The van der Waals surface area contributed by atoms with Gasteiger partial charge in [0.15, 0.2) is 0 Å². The maximum absolute atomic E-state index is 13.8. The van der Waals surface area contributed by atoms with Crippen LogP contribution < -0.4 is 10.1 Å². The molecule has 7 heteroatoms. The molecule has 2 amide bonds. The molecule has 0 bridgehead atoms. The van der Waals surface area contributed by atoms with Gasteiger partial charge in [0.05, 0.1) is 13.5 Å². The largest absolute Gasteiger partial charge is 0.497 e. The van der Waals surface area contributed by atoms with E-state index in [4.69, 9.17) is 27.9 Å². The van der Waals surface area contributed by atoms with Gasteiger partial charge in [-0.1, -0.05) is 71.7 Å². The zero-order valence-corrected chi connectivity index (χ0v) is 22.6. The van der Waals surface area contributed by atoms with E-state index in [9.17, 15) is 9.59 Å². The molecule has 5 nitrogen and oxygen atoms in total. The van der Waals surface area contributed by atoms with Gasteiger partial charge in [-0.2, -0.15) is 0 Å². The van der Waals surface area contributed by atoms with Gasteiger partial charge in [0, 0.05) is 28.5 Å². The molecule has 190 valence electrons. The molecule has 1 N–H and O–H groups in total. The van der Waals surface area contributed by atoms with E-state index in [1.165, 1.54) is 0 Å². The number of amides is 2. The number of nitrogens with one attached hydrogen (secondary N) is 1. The molecular formula is C29H32Cl2N2O3. The van der Waals surface area contributed by atoms with Crippen molar-refractivity contribution in [1.29, 1.82) is 0 Å². The van der Waals surface area contributed by atoms with Gasteiger partial charge < -0.3 is 15.0 Å². The van der Waals surface area contributed by atoms with Crippen molar-refractivity contribution in [3.63, 3.8) is 0 Å². The van der Waals surface area contributed by atoms with Crippen LogP contribution in [0.1, 0.15) is 37.5 Å². The minimum Gasteiger partial charge on any atom is -0.497 e. The zero-order chi connectivity index (χ0) is 26.3. The Morgan fingerprint density at radius 2 is 1.61 bits per heavy atom. The maximum atomic E-state index is 13.8. The Bertz CT molecular complexity index is 1180. The topological polar surface area (TPSA) is 58.6 Å². The lowest BCUT2D eigenvalue weighted by Gasteiger charge is -2.34. The Morgan fingerprint density at radius 1 is 0.944 bits per heavy atom. The first kappa shape index (κ1) is 27.6. The van der Waals surface area contributed by atoms with Gasteiger partial charge in [-0.25, -0.2) is 0 Å². The average Bonchev–Trinajstić information content (AvgIpc) is 2.82. The van der Waals surface area contributed by atoms with Gasteiger partial charge in [-0.3, -0.25) is 9.59 Å². The molecule has 36 heavy (non-hydrogen) atoms. The monoisotopic (exact) mass is 526 g/mol. The number of benzene rings is 3. The van der Waals surface area contributed by atoms with E-state index in [0.29, 0.717) is 27.8 Å². The summed E-state index contributed by atoms with van der Waals surface area (Å²) in [6.45, 7) is 5.93. The first-order chi connectivity index (χ1) is 17.1. The predicted molar refractivity (Wildman–Crippen MR) is 146 cm³/mol. The second kappa shape index (κ2) is 12.3. The van der Waals surface area contributed by atoms with E-state index in [0.717, 1.165) is 11.1 Å². The van der Waals surface area contributed by atoms with Crippen LogP contribution in [-0.4, -0.2) is 35.4 Å². The molecule has 0 spiro atoms. The molecule has 0 radical (unpaired) electrons. The summed E-state index contributed by atoms with van der Waals surface area (Å²) < 4.78 is 5.23. The molecule has 0 aliphatic carbocycles. The highest BCUT2D eigenvalue weighted by atomic mass is 35.5. The van der Waals surface area contributed by atoms with E-state index in [2.05, 4.69) is 5.32 Å². The van der Waals surface area contributed by atoms with E-state index in [-0.39, 0.29) is 24.8 Å². The molecule has 3 rings (SSSR count). The Kier molecular flexibility index (Phi) is 9.41. The summed E-state index contributed by atoms with van der Waals surface area (Å²) in [7, 11) is 1.60. The lowest BCUT2D eigenvalue weighted by molar-refractivity contribution is -0.141. The van der Waals surface area contributed by atoms with Crippen molar-refractivity contribution in [2.24, 2.45) is 0 Å². The summed E-state index contributed by atoms with van der Waals surface area (Å²) in [5.74, 6) is 0.304. The summed E-state index contributed by atoms with van der Waals surface area (Å²) >= 11 is 12.6. The highest BCUT2D eigenvalue weighted by molar-refractivity contribution is 6.35. The molecule has 0 saturated carbocycles. The standard InChI is InChI=1S/C29H32Cl2N2O3/c1-29(2,3)32-28(35)26(16-20-8-6-5-7-9-20)33(19-22-12-13-23(30)18-25(22)31)27(34)17-21-10-14-24(36-4)15-11-21/h5-15,18,26H,16-17,19H2,1-4H3,(H,32,35). The highest BCUT2D eigenvalue weighted by Crippen LogP contribution is 2.25. The van der Waals surface area contributed by atoms with Crippen LogP contribution in [0.15, 0.2) is 72.8 Å². The van der Waals surface area contributed by atoms with Crippen LogP contribution in [0.25, 0.3) is 0 Å². The van der Waals surface area contributed by atoms with Crippen molar-refractivity contribution in [2.45, 2.75) is 51.7 Å².